The SMILES string of the molecule is COc1cccc2c1[C@@H]1CN(CCCCc3ccccn3)C[C@@H]1CO2. The molecule has 2 aliphatic rings. The van der Waals surface area contributed by atoms with E-state index in [4.69, 9.17) is 9.47 Å². The van der Waals surface area contributed by atoms with Gasteiger partial charge < -0.3 is 14.4 Å². The molecular formula is C21H26N2O2. The van der Waals surface area contributed by atoms with Gasteiger partial charge in [-0.25, -0.2) is 0 Å². The van der Waals surface area contributed by atoms with E-state index in [1.165, 1.54) is 24.1 Å². The van der Waals surface area contributed by atoms with Gasteiger partial charge >= 0.3 is 0 Å². The fourth-order valence-electron chi connectivity index (χ4n) is 4.22. The third kappa shape index (κ3) is 3.49. The predicted molar refractivity (Wildman–Crippen MR) is 98.3 cm³/mol. The lowest BCUT2D eigenvalue weighted by molar-refractivity contribution is 0.209. The van der Waals surface area contributed by atoms with Gasteiger partial charge in [-0.2, -0.15) is 0 Å². The quantitative estimate of drug-likeness (QED) is 0.755. The van der Waals surface area contributed by atoms with Gasteiger partial charge in [-0.1, -0.05) is 12.1 Å². The van der Waals surface area contributed by atoms with Gasteiger partial charge in [0.15, 0.2) is 0 Å². The monoisotopic (exact) mass is 338 g/mol. The number of pyridine rings is 1. The second-order valence-corrected chi connectivity index (χ2v) is 7.09. The normalized spacial score (nSPS) is 22.1. The molecule has 0 radical (unpaired) electrons. The smallest absolute Gasteiger partial charge is 0.126 e. The van der Waals surface area contributed by atoms with Gasteiger partial charge in [-0.3, -0.25) is 4.98 Å². The highest BCUT2D eigenvalue weighted by molar-refractivity contribution is 5.49. The first kappa shape index (κ1) is 16.4. The Labute approximate surface area is 149 Å². The van der Waals surface area contributed by atoms with Crippen LogP contribution in [0.3, 0.4) is 0 Å². The van der Waals surface area contributed by atoms with E-state index >= 15 is 0 Å². The van der Waals surface area contributed by atoms with E-state index in [0.717, 1.165) is 44.2 Å². The number of likely N-dealkylation sites (tertiary alicyclic amines) is 1. The molecule has 0 aliphatic carbocycles. The minimum atomic E-state index is 0.538. The summed E-state index contributed by atoms with van der Waals surface area (Å²) in [5.41, 5.74) is 2.47. The van der Waals surface area contributed by atoms with Gasteiger partial charge in [0.2, 0.25) is 0 Å². The van der Waals surface area contributed by atoms with Crippen molar-refractivity contribution in [2.24, 2.45) is 5.92 Å². The Morgan fingerprint density at radius 3 is 2.96 bits per heavy atom. The number of fused-ring (bicyclic) bond motifs is 3. The summed E-state index contributed by atoms with van der Waals surface area (Å²) in [6.07, 6.45) is 5.36. The van der Waals surface area contributed by atoms with Crippen LogP contribution in [0.2, 0.25) is 0 Å². The van der Waals surface area contributed by atoms with Crippen LogP contribution < -0.4 is 9.47 Å². The minimum Gasteiger partial charge on any atom is -0.496 e. The number of hydrogen-bond acceptors (Lipinski definition) is 4. The number of nitrogens with zero attached hydrogens (tertiary/aromatic N) is 2. The van der Waals surface area contributed by atoms with Gasteiger partial charge in [-0.15, -0.1) is 0 Å². The Bertz CT molecular complexity index is 690. The minimum absolute atomic E-state index is 0.538. The summed E-state index contributed by atoms with van der Waals surface area (Å²) < 4.78 is 11.6. The zero-order chi connectivity index (χ0) is 17.1. The first-order valence-electron chi connectivity index (χ1n) is 9.27. The van der Waals surface area contributed by atoms with Gasteiger partial charge in [0, 0.05) is 42.4 Å². The van der Waals surface area contributed by atoms with Crippen molar-refractivity contribution in [1.29, 1.82) is 0 Å². The molecule has 25 heavy (non-hydrogen) atoms. The number of aryl methyl sites for hydroxylation is 1. The van der Waals surface area contributed by atoms with Crippen LogP contribution in [0, 0.1) is 5.92 Å². The lowest BCUT2D eigenvalue weighted by atomic mass is 9.86. The zero-order valence-corrected chi connectivity index (χ0v) is 14.9. The number of benzene rings is 1. The molecule has 132 valence electrons. The summed E-state index contributed by atoms with van der Waals surface area (Å²) in [5, 5.41) is 0. The third-order valence-electron chi connectivity index (χ3n) is 5.47. The third-order valence-corrected chi connectivity index (χ3v) is 5.47. The molecule has 2 aromatic rings. The molecule has 0 amide bonds. The Balaban J connectivity index is 1.33. The van der Waals surface area contributed by atoms with E-state index in [1.54, 1.807) is 7.11 Å². The highest BCUT2D eigenvalue weighted by Crippen LogP contribution is 2.45. The largest absolute Gasteiger partial charge is 0.496 e. The van der Waals surface area contributed by atoms with Crippen molar-refractivity contribution in [2.45, 2.75) is 25.2 Å². The molecule has 1 aromatic heterocycles. The molecule has 1 aromatic carbocycles. The zero-order valence-electron chi connectivity index (χ0n) is 14.9. The van der Waals surface area contributed by atoms with Crippen LogP contribution in [-0.2, 0) is 6.42 Å². The molecular weight excluding hydrogens is 312 g/mol. The number of unbranched alkanes of at least 4 members (excludes halogenated alkanes) is 1. The van der Waals surface area contributed by atoms with Crippen LogP contribution in [0.25, 0.3) is 0 Å². The standard InChI is InChI=1S/C21H26N2O2/c1-24-19-9-6-10-20-21(19)18-14-23(13-16(18)15-25-20)12-5-3-8-17-7-2-4-11-22-17/h2,4,6-7,9-11,16,18H,3,5,8,12-15H2,1H3/t16-,18-/m1/s1. The Kier molecular flexibility index (Phi) is 4.88. The number of ether oxygens (including phenoxy) is 2. The van der Waals surface area contributed by atoms with Crippen molar-refractivity contribution in [3.63, 3.8) is 0 Å². The molecule has 4 heteroatoms. The number of aromatic nitrogens is 1. The predicted octanol–water partition coefficient (Wildman–Crippen LogP) is 3.52. The summed E-state index contributed by atoms with van der Waals surface area (Å²) in [4.78, 5) is 7.00. The van der Waals surface area contributed by atoms with Gasteiger partial charge in [0.05, 0.1) is 13.7 Å². The van der Waals surface area contributed by atoms with E-state index in [1.807, 2.05) is 18.3 Å². The number of hydrogen-bond donors (Lipinski definition) is 0. The van der Waals surface area contributed by atoms with Crippen LogP contribution in [0.5, 0.6) is 11.5 Å². The summed E-state index contributed by atoms with van der Waals surface area (Å²) >= 11 is 0. The Morgan fingerprint density at radius 2 is 2.12 bits per heavy atom. The lowest BCUT2D eigenvalue weighted by Gasteiger charge is -2.29. The molecule has 0 N–H and O–H groups in total. The number of rotatable bonds is 6. The Hall–Kier alpha value is -2.07. The molecule has 0 spiro atoms. The van der Waals surface area contributed by atoms with Crippen molar-refractivity contribution < 1.29 is 9.47 Å². The van der Waals surface area contributed by atoms with Crippen molar-refractivity contribution in [2.75, 3.05) is 33.4 Å². The molecule has 4 nitrogen and oxygen atoms in total. The first-order valence-corrected chi connectivity index (χ1v) is 9.27. The lowest BCUT2D eigenvalue weighted by Crippen LogP contribution is -2.25. The van der Waals surface area contributed by atoms with Crippen LogP contribution in [0.15, 0.2) is 42.6 Å². The first-order chi connectivity index (χ1) is 12.3. The topological polar surface area (TPSA) is 34.6 Å². The second-order valence-electron chi connectivity index (χ2n) is 7.09. The molecule has 2 aliphatic heterocycles. The Morgan fingerprint density at radius 1 is 1.16 bits per heavy atom. The molecule has 4 rings (SSSR count). The van der Waals surface area contributed by atoms with Crippen molar-refractivity contribution in [3.8, 4) is 11.5 Å². The molecule has 2 atom stereocenters. The van der Waals surface area contributed by atoms with Crippen LogP contribution >= 0.6 is 0 Å². The molecule has 0 unspecified atom stereocenters. The fraction of sp³-hybridized carbons (Fsp3) is 0.476. The van der Waals surface area contributed by atoms with E-state index in [0.29, 0.717) is 11.8 Å². The van der Waals surface area contributed by atoms with Crippen LogP contribution in [-0.4, -0.2) is 43.2 Å². The van der Waals surface area contributed by atoms with Crippen LogP contribution in [0.1, 0.15) is 30.0 Å². The van der Waals surface area contributed by atoms with Crippen molar-refractivity contribution >= 4 is 0 Å². The van der Waals surface area contributed by atoms with E-state index in [2.05, 4.69) is 34.1 Å². The van der Waals surface area contributed by atoms with Gasteiger partial charge in [0.1, 0.15) is 11.5 Å². The van der Waals surface area contributed by atoms with Gasteiger partial charge in [-0.05, 0) is 50.1 Å². The van der Waals surface area contributed by atoms with E-state index < -0.39 is 0 Å². The fourth-order valence-corrected chi connectivity index (χ4v) is 4.22. The summed E-state index contributed by atoms with van der Waals surface area (Å²) in [6.45, 7) is 4.23. The van der Waals surface area contributed by atoms with Gasteiger partial charge in [0.25, 0.3) is 0 Å². The molecule has 0 bridgehead atoms. The average Bonchev–Trinajstić information content (AvgIpc) is 3.08. The van der Waals surface area contributed by atoms with E-state index in [-0.39, 0.29) is 0 Å². The average molecular weight is 338 g/mol. The summed E-state index contributed by atoms with van der Waals surface area (Å²) in [7, 11) is 1.75. The van der Waals surface area contributed by atoms with Crippen molar-refractivity contribution in [1.82, 2.24) is 9.88 Å². The maximum Gasteiger partial charge on any atom is 0.126 e. The second kappa shape index (κ2) is 7.44. The molecule has 0 saturated carbocycles. The van der Waals surface area contributed by atoms with Crippen LogP contribution in [0.4, 0.5) is 0 Å². The summed E-state index contributed by atoms with van der Waals surface area (Å²) in [6, 6.07) is 12.3. The highest BCUT2D eigenvalue weighted by atomic mass is 16.5. The maximum absolute atomic E-state index is 6.00. The van der Waals surface area contributed by atoms with Crippen molar-refractivity contribution in [3.05, 3.63) is 53.9 Å². The van der Waals surface area contributed by atoms with E-state index in [9.17, 15) is 0 Å². The molecule has 1 fully saturated rings. The number of methoxy groups -OCH3 is 1. The summed E-state index contributed by atoms with van der Waals surface area (Å²) in [5.74, 6) is 3.11. The maximum atomic E-state index is 6.00. The highest BCUT2D eigenvalue weighted by Gasteiger charge is 2.40. The molecule has 3 heterocycles. The molecule has 1 saturated heterocycles.